The Morgan fingerprint density at radius 3 is 2.16 bits per heavy atom. The average molecular weight is 602 g/mol. The molecule has 3 aromatic heterocycles. The molecule has 3 heterocycles. The van der Waals surface area contributed by atoms with Gasteiger partial charge in [0.15, 0.2) is 17.3 Å². The van der Waals surface area contributed by atoms with E-state index in [4.69, 9.17) is 36.1 Å². The number of ether oxygens (including phenoxy) is 2. The van der Waals surface area contributed by atoms with Crippen molar-refractivity contribution in [3.05, 3.63) is 131 Å². The maximum Gasteiger partial charge on any atom is 0.198 e. The second kappa shape index (κ2) is 12.8. The van der Waals surface area contributed by atoms with Crippen LogP contribution in [0.1, 0.15) is 28.2 Å². The Balaban J connectivity index is 1.50. The molecule has 6 rings (SSSR count). The number of rotatable bonds is 10. The Kier molecular flexibility index (Phi) is 8.34. The van der Waals surface area contributed by atoms with E-state index >= 15 is 0 Å². The van der Waals surface area contributed by atoms with Crippen LogP contribution >= 0.6 is 11.6 Å². The van der Waals surface area contributed by atoms with Crippen LogP contribution < -0.4 is 14.4 Å². The van der Waals surface area contributed by atoms with Gasteiger partial charge in [-0.1, -0.05) is 48.0 Å². The van der Waals surface area contributed by atoms with Crippen molar-refractivity contribution in [2.45, 2.75) is 19.5 Å². The molecular formula is C34H28ClN7O2. The quantitative estimate of drug-likeness (QED) is 0.175. The molecule has 0 saturated carbocycles. The smallest absolute Gasteiger partial charge is 0.198 e. The number of halogens is 1. The fourth-order valence-corrected chi connectivity index (χ4v) is 5.09. The molecule has 0 bridgehead atoms. The van der Waals surface area contributed by atoms with Gasteiger partial charge < -0.3 is 14.4 Å². The maximum absolute atomic E-state index is 9.55. The molecule has 0 radical (unpaired) electrons. The molecule has 3 aromatic carbocycles. The summed E-state index contributed by atoms with van der Waals surface area (Å²) in [6.07, 6.45) is 3.90. The number of anilines is 1. The Labute approximate surface area is 259 Å². The van der Waals surface area contributed by atoms with Crippen LogP contribution in [0.5, 0.6) is 11.5 Å². The first-order valence-electron chi connectivity index (χ1n) is 13.9. The number of pyridine rings is 1. The van der Waals surface area contributed by atoms with Crippen molar-refractivity contribution in [3.8, 4) is 28.8 Å². The number of nitriles is 1. The summed E-state index contributed by atoms with van der Waals surface area (Å²) in [5.74, 6) is 2.77. The third-order valence-electron chi connectivity index (χ3n) is 7.16. The molecule has 0 amide bonds. The SMILES string of the molecule is COc1ccc(CN(Cc2ccc(OC)cc2)c2nc(-c3cccc(C#N)c3)cn3nc(Cc4ncccc4Cl)nc23)cc1. The lowest BCUT2D eigenvalue weighted by molar-refractivity contribution is 0.414. The third-order valence-corrected chi connectivity index (χ3v) is 7.50. The third kappa shape index (κ3) is 6.31. The van der Waals surface area contributed by atoms with Crippen LogP contribution in [0.3, 0.4) is 0 Å². The first-order valence-corrected chi connectivity index (χ1v) is 14.3. The Bertz CT molecular complexity index is 1900. The second-order valence-corrected chi connectivity index (χ2v) is 10.5. The van der Waals surface area contributed by atoms with Crippen molar-refractivity contribution >= 4 is 23.1 Å². The molecule has 9 nitrogen and oxygen atoms in total. The van der Waals surface area contributed by atoms with Gasteiger partial charge in [-0.25, -0.2) is 14.5 Å². The van der Waals surface area contributed by atoms with Gasteiger partial charge in [-0.15, -0.1) is 0 Å². The number of methoxy groups -OCH3 is 2. The van der Waals surface area contributed by atoms with E-state index in [0.29, 0.717) is 58.8 Å². The molecule has 0 unspecified atom stereocenters. The summed E-state index contributed by atoms with van der Waals surface area (Å²) in [4.78, 5) is 16.7. The topological polar surface area (TPSA) is 101 Å². The summed E-state index contributed by atoms with van der Waals surface area (Å²) in [5.41, 5.74) is 5.41. The number of nitrogens with zero attached hydrogens (tertiary/aromatic N) is 7. The van der Waals surface area contributed by atoms with E-state index in [2.05, 4.69) is 16.0 Å². The zero-order valence-electron chi connectivity index (χ0n) is 24.2. The van der Waals surface area contributed by atoms with Gasteiger partial charge in [-0.05, 0) is 59.7 Å². The largest absolute Gasteiger partial charge is 0.497 e. The molecule has 44 heavy (non-hydrogen) atoms. The van der Waals surface area contributed by atoms with Gasteiger partial charge in [0.1, 0.15) is 11.5 Å². The summed E-state index contributed by atoms with van der Waals surface area (Å²) in [5, 5.41) is 14.9. The van der Waals surface area contributed by atoms with Gasteiger partial charge in [0.25, 0.3) is 0 Å². The highest BCUT2D eigenvalue weighted by Crippen LogP contribution is 2.29. The van der Waals surface area contributed by atoms with Crippen LogP contribution in [0.2, 0.25) is 5.02 Å². The molecule has 0 aliphatic carbocycles. The van der Waals surface area contributed by atoms with Crippen LogP contribution in [0.15, 0.2) is 97.3 Å². The first kappa shape index (κ1) is 28.6. The lowest BCUT2D eigenvalue weighted by atomic mass is 10.1. The molecule has 0 atom stereocenters. The Morgan fingerprint density at radius 1 is 0.864 bits per heavy atom. The van der Waals surface area contributed by atoms with E-state index in [1.165, 1.54) is 0 Å². The van der Waals surface area contributed by atoms with Crippen LogP contribution in [-0.2, 0) is 19.5 Å². The molecule has 0 aliphatic rings. The summed E-state index contributed by atoms with van der Waals surface area (Å²) < 4.78 is 12.5. The molecular weight excluding hydrogens is 574 g/mol. The number of hydrogen-bond donors (Lipinski definition) is 0. The Hall–Kier alpha value is -5.46. The molecule has 0 aliphatic heterocycles. The van der Waals surface area contributed by atoms with Gasteiger partial charge in [0.2, 0.25) is 0 Å². The average Bonchev–Trinajstić information content (AvgIpc) is 3.48. The summed E-state index contributed by atoms with van der Waals surface area (Å²) in [7, 11) is 3.30. The van der Waals surface area contributed by atoms with Gasteiger partial charge >= 0.3 is 0 Å². The number of hydrogen-bond acceptors (Lipinski definition) is 8. The first-order chi connectivity index (χ1) is 21.5. The van der Waals surface area contributed by atoms with E-state index in [0.717, 1.165) is 28.2 Å². The molecule has 0 N–H and O–H groups in total. The molecule has 0 saturated heterocycles. The lowest BCUT2D eigenvalue weighted by Gasteiger charge is -2.25. The normalized spacial score (nSPS) is 10.9. The van der Waals surface area contributed by atoms with Crippen molar-refractivity contribution in [3.63, 3.8) is 0 Å². The van der Waals surface area contributed by atoms with Crippen LogP contribution in [0.4, 0.5) is 5.82 Å². The van der Waals surface area contributed by atoms with Crippen molar-refractivity contribution in [1.29, 1.82) is 5.26 Å². The lowest BCUT2D eigenvalue weighted by Crippen LogP contribution is -2.24. The zero-order valence-corrected chi connectivity index (χ0v) is 24.9. The van der Waals surface area contributed by atoms with Gasteiger partial charge in [0, 0.05) is 24.8 Å². The van der Waals surface area contributed by atoms with Crippen LogP contribution in [0, 0.1) is 11.3 Å². The van der Waals surface area contributed by atoms with Crippen molar-refractivity contribution < 1.29 is 9.47 Å². The fraction of sp³-hybridized carbons (Fsp3) is 0.147. The minimum absolute atomic E-state index is 0.358. The zero-order chi connectivity index (χ0) is 30.5. The van der Waals surface area contributed by atoms with E-state index in [1.54, 1.807) is 43.1 Å². The van der Waals surface area contributed by atoms with Crippen LogP contribution in [-0.4, -0.2) is 38.8 Å². The molecule has 6 aromatic rings. The van der Waals surface area contributed by atoms with Crippen molar-refractivity contribution in [1.82, 2.24) is 24.6 Å². The van der Waals surface area contributed by atoms with Gasteiger partial charge in [-0.2, -0.15) is 10.4 Å². The van der Waals surface area contributed by atoms with E-state index in [-0.39, 0.29) is 0 Å². The maximum atomic E-state index is 9.55. The van der Waals surface area contributed by atoms with Gasteiger partial charge in [-0.3, -0.25) is 4.98 Å². The summed E-state index contributed by atoms with van der Waals surface area (Å²) in [6, 6.07) is 29.1. The van der Waals surface area contributed by atoms with E-state index in [9.17, 15) is 5.26 Å². The van der Waals surface area contributed by atoms with E-state index in [1.807, 2.05) is 72.9 Å². The highest BCUT2D eigenvalue weighted by molar-refractivity contribution is 6.31. The Morgan fingerprint density at radius 2 is 1.55 bits per heavy atom. The minimum atomic E-state index is 0.358. The summed E-state index contributed by atoms with van der Waals surface area (Å²) in [6.45, 7) is 1.07. The molecule has 218 valence electrons. The second-order valence-electron chi connectivity index (χ2n) is 10.1. The van der Waals surface area contributed by atoms with Crippen LogP contribution in [0.25, 0.3) is 16.9 Å². The van der Waals surface area contributed by atoms with Crippen molar-refractivity contribution in [2.75, 3.05) is 19.1 Å². The standard InChI is InChI=1S/C34H28ClN7O2/c1-43-27-12-8-23(9-13-27)20-41(21-24-10-14-28(44-2)15-11-24)33-34-39-32(18-30-29(35)7-4-16-37-30)40-42(34)22-31(38-33)26-6-3-5-25(17-26)19-36/h3-17,22H,18,20-21H2,1-2H3. The summed E-state index contributed by atoms with van der Waals surface area (Å²) >= 11 is 6.42. The highest BCUT2D eigenvalue weighted by Gasteiger charge is 2.20. The minimum Gasteiger partial charge on any atom is -0.497 e. The van der Waals surface area contributed by atoms with Crippen molar-refractivity contribution in [2.24, 2.45) is 0 Å². The number of fused-ring (bicyclic) bond motifs is 1. The number of aromatic nitrogens is 5. The predicted molar refractivity (Wildman–Crippen MR) is 169 cm³/mol. The van der Waals surface area contributed by atoms with E-state index < -0.39 is 0 Å². The molecule has 0 spiro atoms. The fourth-order valence-electron chi connectivity index (χ4n) is 4.90. The highest BCUT2D eigenvalue weighted by atomic mass is 35.5. The monoisotopic (exact) mass is 601 g/mol. The molecule has 10 heteroatoms. The van der Waals surface area contributed by atoms with Gasteiger partial charge in [0.05, 0.1) is 54.9 Å². The predicted octanol–water partition coefficient (Wildman–Crippen LogP) is 6.53. The number of benzene rings is 3. The molecule has 0 fully saturated rings.